The molecule has 1 aromatic rings. The molecule has 1 saturated heterocycles. The van der Waals surface area contributed by atoms with E-state index in [1.807, 2.05) is 13.0 Å². The van der Waals surface area contributed by atoms with E-state index in [9.17, 15) is 4.79 Å². The lowest BCUT2D eigenvalue weighted by molar-refractivity contribution is -0.127. The van der Waals surface area contributed by atoms with Gasteiger partial charge in [0.25, 0.3) is 0 Å². The van der Waals surface area contributed by atoms with Crippen molar-refractivity contribution in [1.29, 1.82) is 0 Å². The Bertz CT molecular complexity index is 536. The number of anilines is 1. The molecule has 0 unspecified atom stereocenters. The first-order valence-electron chi connectivity index (χ1n) is 8.65. The van der Waals surface area contributed by atoms with E-state index in [0.717, 1.165) is 38.4 Å². The van der Waals surface area contributed by atoms with Gasteiger partial charge in [-0.15, -0.1) is 0 Å². The number of nitrogens with one attached hydrogen (secondary N) is 2. The smallest absolute Gasteiger partial charge is 0.243 e. The number of piperidine rings is 1. The van der Waals surface area contributed by atoms with Crippen LogP contribution in [0.25, 0.3) is 0 Å². The van der Waals surface area contributed by atoms with E-state index >= 15 is 0 Å². The van der Waals surface area contributed by atoms with Crippen molar-refractivity contribution in [2.75, 3.05) is 45.2 Å². The van der Waals surface area contributed by atoms with E-state index in [4.69, 9.17) is 0 Å². The molecule has 0 aliphatic carbocycles. The van der Waals surface area contributed by atoms with Gasteiger partial charge in [-0.25, -0.2) is 4.99 Å². The van der Waals surface area contributed by atoms with Gasteiger partial charge in [-0.1, -0.05) is 18.2 Å². The zero-order valence-corrected chi connectivity index (χ0v) is 15.0. The number of aliphatic imine (C=N–C) groups is 1. The molecule has 0 aromatic heterocycles. The van der Waals surface area contributed by atoms with Crippen LogP contribution in [0.5, 0.6) is 0 Å². The average molecular weight is 331 g/mol. The summed E-state index contributed by atoms with van der Waals surface area (Å²) in [7, 11) is 3.50. The average Bonchev–Trinajstić information content (AvgIpc) is 2.61. The van der Waals surface area contributed by atoms with E-state index in [1.165, 1.54) is 5.69 Å². The number of guanidine groups is 1. The maximum absolute atomic E-state index is 11.7. The van der Waals surface area contributed by atoms with Gasteiger partial charge in [0.15, 0.2) is 5.96 Å². The number of benzene rings is 1. The van der Waals surface area contributed by atoms with Gasteiger partial charge in [0, 0.05) is 45.5 Å². The van der Waals surface area contributed by atoms with Crippen LogP contribution in [0, 0.1) is 0 Å². The first-order valence-corrected chi connectivity index (χ1v) is 8.65. The topological polar surface area (TPSA) is 60.0 Å². The van der Waals surface area contributed by atoms with Crippen molar-refractivity contribution >= 4 is 17.6 Å². The van der Waals surface area contributed by atoms with Gasteiger partial charge < -0.3 is 20.4 Å². The summed E-state index contributed by atoms with van der Waals surface area (Å²) < 4.78 is 0. The predicted molar refractivity (Wildman–Crippen MR) is 99.5 cm³/mol. The number of rotatable bonds is 5. The number of likely N-dealkylation sites (N-methyl/N-ethyl adjacent to an activating group) is 1. The molecule has 2 N–H and O–H groups in total. The molecule has 0 radical (unpaired) electrons. The fourth-order valence-corrected chi connectivity index (χ4v) is 2.72. The van der Waals surface area contributed by atoms with Crippen molar-refractivity contribution in [3.8, 4) is 0 Å². The zero-order chi connectivity index (χ0) is 17.4. The quantitative estimate of drug-likeness (QED) is 0.631. The van der Waals surface area contributed by atoms with Crippen LogP contribution in [0.4, 0.5) is 5.69 Å². The Morgan fingerprint density at radius 3 is 2.50 bits per heavy atom. The minimum atomic E-state index is 0.00565. The largest absolute Gasteiger partial charge is 0.371 e. The molecule has 0 bridgehead atoms. The van der Waals surface area contributed by atoms with Crippen molar-refractivity contribution < 1.29 is 4.79 Å². The summed E-state index contributed by atoms with van der Waals surface area (Å²) in [6.07, 6.45) is 2.11. The minimum Gasteiger partial charge on any atom is -0.371 e. The van der Waals surface area contributed by atoms with Crippen LogP contribution in [0.2, 0.25) is 0 Å². The van der Waals surface area contributed by atoms with Crippen molar-refractivity contribution in [3.05, 3.63) is 30.3 Å². The third-order valence-electron chi connectivity index (χ3n) is 4.17. The van der Waals surface area contributed by atoms with Crippen LogP contribution < -0.4 is 15.5 Å². The van der Waals surface area contributed by atoms with E-state index in [2.05, 4.69) is 44.8 Å². The molecule has 2 rings (SSSR count). The Kier molecular flexibility index (Phi) is 6.90. The molecule has 24 heavy (non-hydrogen) atoms. The Morgan fingerprint density at radius 2 is 1.92 bits per heavy atom. The van der Waals surface area contributed by atoms with Gasteiger partial charge in [0.05, 0.1) is 0 Å². The van der Waals surface area contributed by atoms with Gasteiger partial charge in [0.1, 0.15) is 6.54 Å². The number of para-hydroxylation sites is 1. The highest BCUT2D eigenvalue weighted by molar-refractivity contribution is 5.84. The van der Waals surface area contributed by atoms with E-state index in [0.29, 0.717) is 6.04 Å². The molecule has 1 amide bonds. The Morgan fingerprint density at radius 1 is 1.25 bits per heavy atom. The van der Waals surface area contributed by atoms with Crippen molar-refractivity contribution in [3.63, 3.8) is 0 Å². The third-order valence-corrected chi connectivity index (χ3v) is 4.17. The maximum atomic E-state index is 11.7. The number of hydrogen-bond donors (Lipinski definition) is 2. The third kappa shape index (κ3) is 5.44. The van der Waals surface area contributed by atoms with Crippen molar-refractivity contribution in [2.24, 2.45) is 4.99 Å². The summed E-state index contributed by atoms with van der Waals surface area (Å²) >= 11 is 0. The lowest BCUT2D eigenvalue weighted by atomic mass is 10.0. The summed E-state index contributed by atoms with van der Waals surface area (Å²) in [5.41, 5.74) is 1.29. The van der Waals surface area contributed by atoms with Crippen LogP contribution in [0.3, 0.4) is 0 Å². The minimum absolute atomic E-state index is 0.00565. The Balaban J connectivity index is 1.85. The first-order chi connectivity index (χ1) is 11.6. The molecule has 132 valence electrons. The number of nitrogens with zero attached hydrogens (tertiary/aromatic N) is 3. The number of carbonyl (C=O) groups excluding carboxylic acids is 1. The molecule has 0 atom stereocenters. The fraction of sp³-hybridized carbons (Fsp3) is 0.556. The van der Waals surface area contributed by atoms with Crippen LogP contribution in [0.1, 0.15) is 19.8 Å². The standard InChI is InChI=1S/C18H29N5O/c1-4-19-18(20-14-17(24)22(2)3)21-15-10-12-23(13-11-15)16-8-6-5-7-9-16/h5-9,15H,4,10-14H2,1-3H3,(H2,19,20,21). The number of amides is 1. The zero-order valence-electron chi connectivity index (χ0n) is 15.0. The lowest BCUT2D eigenvalue weighted by Crippen LogP contribution is -2.49. The molecule has 1 heterocycles. The summed E-state index contributed by atoms with van der Waals surface area (Å²) in [4.78, 5) is 20.1. The summed E-state index contributed by atoms with van der Waals surface area (Å²) in [5.74, 6) is 0.733. The second-order valence-corrected chi connectivity index (χ2v) is 6.22. The maximum Gasteiger partial charge on any atom is 0.243 e. The summed E-state index contributed by atoms with van der Waals surface area (Å²) in [6.45, 7) is 5.04. The van der Waals surface area contributed by atoms with Crippen LogP contribution in [0.15, 0.2) is 35.3 Å². The van der Waals surface area contributed by atoms with Crippen LogP contribution in [-0.2, 0) is 4.79 Å². The number of carbonyl (C=O) groups is 1. The molecular weight excluding hydrogens is 302 g/mol. The Hall–Kier alpha value is -2.24. The molecular formula is C18H29N5O. The van der Waals surface area contributed by atoms with Crippen molar-refractivity contribution in [2.45, 2.75) is 25.8 Å². The van der Waals surface area contributed by atoms with Gasteiger partial charge in [0.2, 0.25) is 5.91 Å². The monoisotopic (exact) mass is 331 g/mol. The molecule has 0 spiro atoms. The summed E-state index contributed by atoms with van der Waals surface area (Å²) in [5, 5.41) is 6.69. The molecule has 6 nitrogen and oxygen atoms in total. The molecule has 0 saturated carbocycles. The first kappa shape index (κ1) is 18.1. The lowest BCUT2D eigenvalue weighted by Gasteiger charge is -2.34. The van der Waals surface area contributed by atoms with E-state index < -0.39 is 0 Å². The highest BCUT2D eigenvalue weighted by atomic mass is 16.2. The van der Waals surface area contributed by atoms with E-state index in [1.54, 1.807) is 19.0 Å². The van der Waals surface area contributed by atoms with Crippen molar-refractivity contribution in [1.82, 2.24) is 15.5 Å². The molecule has 1 aromatic carbocycles. The predicted octanol–water partition coefficient (Wildman–Crippen LogP) is 1.30. The van der Waals surface area contributed by atoms with E-state index in [-0.39, 0.29) is 12.5 Å². The van der Waals surface area contributed by atoms with Gasteiger partial charge >= 0.3 is 0 Å². The highest BCUT2D eigenvalue weighted by Crippen LogP contribution is 2.19. The van der Waals surface area contributed by atoms with Crippen LogP contribution >= 0.6 is 0 Å². The van der Waals surface area contributed by atoms with Gasteiger partial charge in [-0.05, 0) is 31.9 Å². The highest BCUT2D eigenvalue weighted by Gasteiger charge is 2.20. The summed E-state index contributed by atoms with van der Waals surface area (Å²) in [6, 6.07) is 10.9. The normalized spacial score (nSPS) is 16.0. The van der Waals surface area contributed by atoms with Gasteiger partial charge in [-0.3, -0.25) is 4.79 Å². The molecule has 1 fully saturated rings. The fourth-order valence-electron chi connectivity index (χ4n) is 2.72. The second kappa shape index (κ2) is 9.15. The van der Waals surface area contributed by atoms with Gasteiger partial charge in [-0.2, -0.15) is 0 Å². The Labute approximate surface area is 144 Å². The van der Waals surface area contributed by atoms with Crippen LogP contribution in [-0.4, -0.2) is 63.1 Å². The SMILES string of the molecule is CCNC(=NCC(=O)N(C)C)NC1CCN(c2ccccc2)CC1. The molecule has 1 aliphatic heterocycles. The second-order valence-electron chi connectivity index (χ2n) is 6.22. The molecule has 6 heteroatoms. The molecule has 1 aliphatic rings. The number of hydrogen-bond acceptors (Lipinski definition) is 3.